The van der Waals surface area contributed by atoms with E-state index in [1.54, 1.807) is 12.1 Å². The molecule has 392 valence electrons. The summed E-state index contributed by atoms with van der Waals surface area (Å²) in [6, 6.07) is 11.0. The zero-order chi connectivity index (χ0) is 51.5. The number of aromatic nitrogens is 2. The lowest BCUT2D eigenvalue weighted by Gasteiger charge is -2.16. The van der Waals surface area contributed by atoms with Gasteiger partial charge in [-0.05, 0) is 100 Å². The summed E-state index contributed by atoms with van der Waals surface area (Å²) in [6.45, 7) is 8.74. The van der Waals surface area contributed by atoms with Crippen molar-refractivity contribution in [1.82, 2.24) is 20.6 Å². The predicted octanol–water partition coefficient (Wildman–Crippen LogP) is 8.87. The fourth-order valence-electron chi connectivity index (χ4n) is 8.32. The quantitative estimate of drug-likeness (QED) is 0.0204. The molecule has 2 fully saturated rings. The number of hydrogen-bond acceptors (Lipinski definition) is 15. The summed E-state index contributed by atoms with van der Waals surface area (Å²) in [4.78, 5) is 82.0. The summed E-state index contributed by atoms with van der Waals surface area (Å²) in [5, 5.41) is 13.0. The van der Waals surface area contributed by atoms with Crippen LogP contribution in [0.3, 0.4) is 0 Å². The number of aryl methyl sites for hydroxylation is 1. The number of ketones is 4. The van der Waals surface area contributed by atoms with Crippen LogP contribution in [-0.4, -0.2) is 114 Å². The summed E-state index contributed by atoms with van der Waals surface area (Å²) in [5.41, 5.74) is 8.56. The molecule has 2 aliphatic rings. The molecule has 2 aliphatic heterocycles. The van der Waals surface area contributed by atoms with Crippen LogP contribution in [0, 0.1) is 6.92 Å². The van der Waals surface area contributed by atoms with Crippen LogP contribution in [0.5, 0.6) is 5.75 Å². The smallest absolute Gasteiger partial charge is 0.315 e. The van der Waals surface area contributed by atoms with E-state index in [2.05, 4.69) is 37.8 Å². The van der Waals surface area contributed by atoms with Gasteiger partial charge < -0.3 is 45.9 Å². The molecule has 3 aromatic rings. The maximum Gasteiger partial charge on any atom is 0.315 e. The first-order valence-electron chi connectivity index (χ1n) is 25.2. The first-order valence-corrected chi connectivity index (χ1v) is 26.7. The highest BCUT2D eigenvalue weighted by molar-refractivity contribution is 8.00. The maximum atomic E-state index is 12.5. The molecule has 0 unspecified atom stereocenters. The number of primary amides is 1. The van der Waals surface area contributed by atoms with Crippen LogP contribution in [0.25, 0.3) is 0 Å². The zero-order valence-corrected chi connectivity index (χ0v) is 43.1. The van der Waals surface area contributed by atoms with Crippen LogP contribution in [0.15, 0.2) is 55.3 Å². The van der Waals surface area contributed by atoms with E-state index in [0.717, 1.165) is 61.8 Å². The van der Waals surface area contributed by atoms with Gasteiger partial charge >= 0.3 is 6.03 Å². The number of amides is 3. The minimum Gasteiger partial charge on any atom is -0.493 e. The molecule has 3 atom stereocenters. The zero-order valence-electron chi connectivity index (χ0n) is 41.6. The topological polar surface area (TPSA) is 239 Å². The summed E-state index contributed by atoms with van der Waals surface area (Å²) in [6.07, 6.45) is 13.5. The Labute approximate surface area is 432 Å². The number of rotatable bonds is 39. The Hall–Kier alpha value is -5.40. The van der Waals surface area contributed by atoms with Gasteiger partial charge in [-0.1, -0.05) is 42.8 Å². The third-order valence-electron chi connectivity index (χ3n) is 12.3. The second-order valence-corrected chi connectivity index (χ2v) is 19.7. The molecule has 0 bridgehead atoms. The lowest BCUT2D eigenvalue weighted by molar-refractivity contribution is -0.121. The number of Topliss-reactive ketones (excluding diaryl/α,β-unsaturated/α-hetero) is 3. The van der Waals surface area contributed by atoms with Crippen molar-refractivity contribution in [3.05, 3.63) is 77.0 Å². The Kier molecular flexibility index (Phi) is 25.5. The molecule has 0 saturated carbocycles. The van der Waals surface area contributed by atoms with Crippen molar-refractivity contribution >= 4 is 81.6 Å². The molecule has 5 rings (SSSR count). The molecule has 0 radical (unpaired) electrons. The molecule has 19 heteroatoms. The Morgan fingerprint density at radius 2 is 1.38 bits per heavy atom. The van der Waals surface area contributed by atoms with Gasteiger partial charge in [-0.3, -0.25) is 24.0 Å². The van der Waals surface area contributed by atoms with Crippen molar-refractivity contribution < 1.29 is 47.7 Å². The normalized spacial score (nSPS) is 15.9. The number of unbranched alkanes of at least 4 members (excludes halogenated alkanes) is 4. The number of para-hydroxylation sites is 1. The van der Waals surface area contributed by atoms with E-state index >= 15 is 0 Å². The van der Waals surface area contributed by atoms with E-state index in [4.69, 9.17) is 36.3 Å². The first-order chi connectivity index (χ1) is 34.9. The fourth-order valence-corrected chi connectivity index (χ4v) is 10.00. The number of thioether (sulfide) groups is 1. The van der Waals surface area contributed by atoms with Crippen molar-refractivity contribution in [1.29, 1.82) is 0 Å². The van der Waals surface area contributed by atoms with Gasteiger partial charge in [-0.25, -0.2) is 9.78 Å². The molecule has 3 amide bonds. The van der Waals surface area contributed by atoms with Gasteiger partial charge in [0.25, 0.3) is 5.91 Å². The number of halogens is 1. The third kappa shape index (κ3) is 20.6. The second kappa shape index (κ2) is 31.9. The lowest BCUT2D eigenvalue weighted by Crippen LogP contribution is -2.36. The number of benzene rings is 2. The molecule has 2 aromatic carbocycles. The van der Waals surface area contributed by atoms with Gasteiger partial charge in [0.1, 0.15) is 28.1 Å². The SMILES string of the molecule is C=CC(=O)Cc1ccccc1Nc1nc(Nc2cc(C(N)=O)c(OCCCCC(=O)CCCC(=O)CCCCOCCOCCOCCCCC(=O)CCCC[C@@H]3SC[C@@H]4NC(=O)N[C@@H]43)cc2C)ncc1Cl. The van der Waals surface area contributed by atoms with Crippen LogP contribution in [0.2, 0.25) is 5.02 Å². The molecule has 6 N–H and O–H groups in total. The molecule has 1 aromatic heterocycles. The van der Waals surface area contributed by atoms with Gasteiger partial charge in [-0.15, -0.1) is 0 Å². The molecule has 17 nitrogen and oxygen atoms in total. The van der Waals surface area contributed by atoms with Crippen molar-refractivity contribution in [3.63, 3.8) is 0 Å². The van der Waals surface area contributed by atoms with Crippen LogP contribution in [0.4, 0.5) is 27.9 Å². The van der Waals surface area contributed by atoms with Crippen molar-refractivity contribution in [2.45, 2.75) is 133 Å². The minimum atomic E-state index is -0.679. The number of nitrogens with two attached hydrogens (primary N) is 1. The number of hydrogen-bond donors (Lipinski definition) is 5. The Bertz CT molecular complexity index is 2290. The average molecular weight is 1030 g/mol. The third-order valence-corrected chi connectivity index (χ3v) is 14.1. The minimum absolute atomic E-state index is 0.0598. The Morgan fingerprint density at radius 1 is 0.778 bits per heavy atom. The highest BCUT2D eigenvalue weighted by Crippen LogP contribution is 2.34. The first kappa shape index (κ1) is 57.5. The molecule has 0 aliphatic carbocycles. The number of allylic oxidation sites excluding steroid dienone is 1. The van der Waals surface area contributed by atoms with Gasteiger partial charge in [0, 0.05) is 80.5 Å². The monoisotopic (exact) mass is 1030 g/mol. The van der Waals surface area contributed by atoms with Crippen LogP contribution in [-0.2, 0) is 39.8 Å². The van der Waals surface area contributed by atoms with Crippen LogP contribution in [0.1, 0.15) is 124 Å². The number of carbonyl (C=O) groups is 6. The molecule has 3 heterocycles. The second-order valence-electron chi connectivity index (χ2n) is 18.1. The number of urea groups is 1. The van der Waals surface area contributed by atoms with E-state index in [1.807, 2.05) is 43.0 Å². The largest absolute Gasteiger partial charge is 0.493 e. The number of nitrogens with one attached hydrogen (secondary N) is 4. The van der Waals surface area contributed by atoms with E-state index in [0.29, 0.717) is 131 Å². The van der Waals surface area contributed by atoms with Gasteiger partial charge in [0.2, 0.25) is 5.95 Å². The van der Waals surface area contributed by atoms with Gasteiger partial charge in [-0.2, -0.15) is 16.7 Å². The van der Waals surface area contributed by atoms with Crippen LogP contribution >= 0.6 is 23.4 Å². The Balaban J connectivity index is 0.822. The highest BCUT2D eigenvalue weighted by Gasteiger charge is 2.42. The molecule has 72 heavy (non-hydrogen) atoms. The van der Waals surface area contributed by atoms with E-state index < -0.39 is 5.91 Å². The average Bonchev–Trinajstić information content (AvgIpc) is 3.92. The highest BCUT2D eigenvalue weighted by atomic mass is 35.5. The number of fused-ring (bicyclic) bond motifs is 1. The van der Waals surface area contributed by atoms with E-state index in [-0.39, 0.29) is 65.0 Å². The number of anilines is 4. The number of nitrogens with zero attached hydrogens (tertiary/aromatic N) is 2. The summed E-state index contributed by atoms with van der Waals surface area (Å²) < 4.78 is 22.8. The molecular weight excluding hydrogens is 962 g/mol. The van der Waals surface area contributed by atoms with E-state index in [9.17, 15) is 28.8 Å². The van der Waals surface area contributed by atoms with Crippen molar-refractivity contribution in [3.8, 4) is 5.75 Å². The lowest BCUT2D eigenvalue weighted by atomic mass is 10.0. The molecule has 0 spiro atoms. The van der Waals surface area contributed by atoms with Crippen molar-refractivity contribution in [2.24, 2.45) is 5.73 Å². The van der Waals surface area contributed by atoms with Crippen molar-refractivity contribution in [2.75, 3.05) is 62.6 Å². The molecular formula is C53H72ClN7O10S. The van der Waals surface area contributed by atoms with Gasteiger partial charge in [0.15, 0.2) is 11.6 Å². The standard InChI is InChI=1S/C53H72ClN7O10S/c1-3-38(62)32-37-15-4-6-22-44(37)57-51-43(54)34-56-52(61-51)58-45-33-42(50(55)66)47(31-36(45)2)71-26-13-10-19-41(65)21-14-20-40(64)18-9-12-25-69-28-30-70-29-27-68-24-11-8-17-39(63)16-5-7-23-48-49-46(35-72-48)59-53(67)60-49/h3-4,6,15,22,31,33-34,46,48-49H,1,5,7-14,16-21,23-30,32,35H2,2H3,(H2,55,66)(H2,59,60,67)(H2,56,57,58,61)/t46-,48-,49-/m0/s1. The summed E-state index contributed by atoms with van der Waals surface area (Å²) in [5.74, 6) is 1.55. The maximum absolute atomic E-state index is 12.5. The summed E-state index contributed by atoms with van der Waals surface area (Å²) in [7, 11) is 0. The molecule has 2 saturated heterocycles. The fraction of sp³-hybridized carbons (Fsp3) is 0.547. The van der Waals surface area contributed by atoms with E-state index in [1.165, 1.54) is 12.3 Å². The number of ether oxygens (including phenoxy) is 4. The van der Waals surface area contributed by atoms with Gasteiger partial charge in [0.05, 0.1) is 56.9 Å². The summed E-state index contributed by atoms with van der Waals surface area (Å²) >= 11 is 8.34. The predicted molar refractivity (Wildman–Crippen MR) is 281 cm³/mol. The number of carbonyl (C=O) groups excluding carboxylic acids is 6. The Morgan fingerprint density at radius 3 is 2.01 bits per heavy atom. The van der Waals surface area contributed by atoms with Crippen LogP contribution < -0.4 is 31.7 Å².